The SMILES string of the molecule is CCOC(=O)CCc1ccc(OCC(O)CNC(C)C)c(F)c1. The van der Waals surface area contributed by atoms with E-state index in [2.05, 4.69) is 5.32 Å². The summed E-state index contributed by atoms with van der Waals surface area (Å²) in [6.07, 6.45) is -0.0791. The van der Waals surface area contributed by atoms with E-state index in [0.717, 1.165) is 0 Å². The Kier molecular flexibility index (Phi) is 8.58. The minimum absolute atomic E-state index is 0.0127. The highest BCUT2D eigenvalue weighted by Crippen LogP contribution is 2.19. The molecule has 2 N–H and O–H groups in total. The minimum atomic E-state index is -0.708. The van der Waals surface area contributed by atoms with E-state index in [-0.39, 0.29) is 30.8 Å². The molecule has 0 spiro atoms. The molecule has 1 rings (SSSR count). The molecule has 5 nitrogen and oxygen atoms in total. The van der Waals surface area contributed by atoms with Gasteiger partial charge in [0.2, 0.25) is 0 Å². The minimum Gasteiger partial charge on any atom is -0.488 e. The summed E-state index contributed by atoms with van der Waals surface area (Å²) < 4.78 is 24.1. The maximum absolute atomic E-state index is 13.9. The number of aliphatic hydroxyl groups excluding tert-OH is 1. The monoisotopic (exact) mass is 327 g/mol. The van der Waals surface area contributed by atoms with E-state index in [1.165, 1.54) is 12.1 Å². The number of hydrogen-bond donors (Lipinski definition) is 2. The molecule has 0 saturated carbocycles. The number of rotatable bonds is 10. The van der Waals surface area contributed by atoms with Crippen molar-refractivity contribution in [3.63, 3.8) is 0 Å². The van der Waals surface area contributed by atoms with Crippen LogP contribution in [-0.2, 0) is 16.0 Å². The molecular formula is C17H26FNO4. The Hall–Kier alpha value is -1.66. The first-order valence-corrected chi connectivity index (χ1v) is 7.90. The number of esters is 1. The molecule has 0 amide bonds. The summed E-state index contributed by atoms with van der Waals surface area (Å²) in [5.41, 5.74) is 0.699. The van der Waals surface area contributed by atoms with Gasteiger partial charge >= 0.3 is 5.97 Å². The molecule has 1 atom stereocenters. The van der Waals surface area contributed by atoms with Crippen LogP contribution in [-0.4, -0.2) is 43.0 Å². The highest BCUT2D eigenvalue weighted by Gasteiger charge is 2.10. The van der Waals surface area contributed by atoms with E-state index in [1.807, 2.05) is 13.8 Å². The van der Waals surface area contributed by atoms with Crippen LogP contribution in [0.25, 0.3) is 0 Å². The Morgan fingerprint density at radius 1 is 1.39 bits per heavy atom. The highest BCUT2D eigenvalue weighted by atomic mass is 19.1. The third-order valence-corrected chi connectivity index (χ3v) is 3.11. The standard InChI is InChI=1S/C17H26FNO4/c1-4-22-17(21)8-6-13-5-7-16(15(18)9-13)23-11-14(20)10-19-12(2)3/h5,7,9,12,14,19-20H,4,6,8,10-11H2,1-3H3. The van der Waals surface area contributed by atoms with Crippen LogP contribution in [0, 0.1) is 5.82 Å². The summed E-state index contributed by atoms with van der Waals surface area (Å²) in [4.78, 5) is 11.3. The average Bonchev–Trinajstić information content (AvgIpc) is 2.50. The first-order chi connectivity index (χ1) is 10.9. The Morgan fingerprint density at radius 3 is 2.74 bits per heavy atom. The third kappa shape index (κ3) is 7.95. The van der Waals surface area contributed by atoms with E-state index >= 15 is 0 Å². The molecule has 0 bridgehead atoms. The van der Waals surface area contributed by atoms with Gasteiger partial charge < -0.3 is 19.9 Å². The average molecular weight is 327 g/mol. The summed E-state index contributed by atoms with van der Waals surface area (Å²) in [6.45, 7) is 6.43. The van der Waals surface area contributed by atoms with E-state index in [1.54, 1.807) is 13.0 Å². The quantitative estimate of drug-likeness (QED) is 0.644. The number of carbonyl (C=O) groups excluding carboxylic acids is 1. The summed E-state index contributed by atoms with van der Waals surface area (Å²) >= 11 is 0. The Labute approximate surface area is 136 Å². The zero-order valence-electron chi connectivity index (χ0n) is 14.0. The molecule has 6 heteroatoms. The number of benzene rings is 1. The van der Waals surface area contributed by atoms with Crippen molar-refractivity contribution in [2.24, 2.45) is 0 Å². The zero-order valence-corrected chi connectivity index (χ0v) is 14.0. The lowest BCUT2D eigenvalue weighted by atomic mass is 10.1. The predicted molar refractivity (Wildman–Crippen MR) is 86.0 cm³/mol. The Morgan fingerprint density at radius 2 is 2.13 bits per heavy atom. The first kappa shape index (κ1) is 19.4. The second-order valence-corrected chi connectivity index (χ2v) is 5.60. The van der Waals surface area contributed by atoms with Crippen LogP contribution in [0.3, 0.4) is 0 Å². The molecule has 1 aromatic carbocycles. The first-order valence-electron chi connectivity index (χ1n) is 7.90. The molecule has 1 unspecified atom stereocenters. The topological polar surface area (TPSA) is 67.8 Å². The van der Waals surface area contributed by atoms with Crippen LogP contribution in [0.5, 0.6) is 5.75 Å². The number of aliphatic hydroxyl groups is 1. The molecule has 130 valence electrons. The van der Waals surface area contributed by atoms with Crippen molar-refractivity contribution < 1.29 is 23.8 Å². The van der Waals surface area contributed by atoms with Gasteiger partial charge in [-0.05, 0) is 31.0 Å². The maximum Gasteiger partial charge on any atom is 0.306 e. The van der Waals surface area contributed by atoms with Crippen molar-refractivity contribution in [2.75, 3.05) is 19.8 Å². The molecule has 0 aliphatic rings. The van der Waals surface area contributed by atoms with Gasteiger partial charge in [-0.2, -0.15) is 0 Å². The van der Waals surface area contributed by atoms with E-state index in [4.69, 9.17) is 9.47 Å². The number of hydrogen-bond acceptors (Lipinski definition) is 5. The lowest BCUT2D eigenvalue weighted by Gasteiger charge is -2.15. The smallest absolute Gasteiger partial charge is 0.306 e. The fraction of sp³-hybridized carbons (Fsp3) is 0.588. The zero-order chi connectivity index (χ0) is 17.2. The molecule has 0 radical (unpaired) electrons. The molecule has 0 aliphatic carbocycles. The van der Waals surface area contributed by atoms with Gasteiger partial charge in [-0.1, -0.05) is 19.9 Å². The van der Waals surface area contributed by atoms with E-state index < -0.39 is 11.9 Å². The predicted octanol–water partition coefficient (Wildman–Crippen LogP) is 2.06. The highest BCUT2D eigenvalue weighted by molar-refractivity contribution is 5.69. The van der Waals surface area contributed by atoms with Crippen molar-refractivity contribution >= 4 is 5.97 Å². The third-order valence-electron chi connectivity index (χ3n) is 3.11. The number of ether oxygens (including phenoxy) is 2. The molecule has 0 saturated heterocycles. The van der Waals surface area contributed by atoms with Crippen molar-refractivity contribution in [3.05, 3.63) is 29.6 Å². The fourth-order valence-electron chi connectivity index (χ4n) is 1.91. The number of carbonyl (C=O) groups is 1. The van der Waals surface area contributed by atoms with E-state index in [0.29, 0.717) is 25.1 Å². The normalized spacial score (nSPS) is 12.3. The molecule has 1 aromatic rings. The second-order valence-electron chi connectivity index (χ2n) is 5.60. The van der Waals surface area contributed by atoms with Crippen molar-refractivity contribution in [2.45, 2.75) is 45.8 Å². The molecule has 23 heavy (non-hydrogen) atoms. The van der Waals surface area contributed by atoms with Gasteiger partial charge in [-0.3, -0.25) is 4.79 Å². The summed E-state index contributed by atoms with van der Waals surface area (Å²) in [7, 11) is 0. The molecule has 0 fully saturated rings. The fourth-order valence-corrected chi connectivity index (χ4v) is 1.91. The van der Waals surface area contributed by atoms with Crippen LogP contribution in [0.15, 0.2) is 18.2 Å². The lowest BCUT2D eigenvalue weighted by Crippen LogP contribution is -2.35. The number of nitrogens with one attached hydrogen (secondary N) is 1. The van der Waals surface area contributed by atoms with E-state index in [9.17, 15) is 14.3 Å². The van der Waals surface area contributed by atoms with Gasteiger partial charge in [0.25, 0.3) is 0 Å². The molecule has 0 aromatic heterocycles. The summed E-state index contributed by atoms with van der Waals surface area (Å²) in [5, 5.41) is 12.8. The van der Waals surface area contributed by atoms with Crippen LogP contribution in [0.4, 0.5) is 4.39 Å². The molecular weight excluding hydrogens is 301 g/mol. The van der Waals surface area contributed by atoms with Gasteiger partial charge in [-0.15, -0.1) is 0 Å². The van der Waals surface area contributed by atoms with Crippen molar-refractivity contribution in [1.82, 2.24) is 5.32 Å². The number of halogens is 1. The van der Waals surface area contributed by atoms with Gasteiger partial charge in [0.15, 0.2) is 11.6 Å². The van der Waals surface area contributed by atoms with Gasteiger partial charge in [0.1, 0.15) is 12.7 Å². The van der Waals surface area contributed by atoms with Crippen molar-refractivity contribution in [1.29, 1.82) is 0 Å². The van der Waals surface area contributed by atoms with Crippen LogP contribution in [0.1, 0.15) is 32.8 Å². The van der Waals surface area contributed by atoms with Crippen LogP contribution < -0.4 is 10.1 Å². The van der Waals surface area contributed by atoms with Gasteiger partial charge in [-0.25, -0.2) is 4.39 Å². The number of aryl methyl sites for hydroxylation is 1. The van der Waals surface area contributed by atoms with Gasteiger partial charge in [0.05, 0.1) is 6.61 Å². The van der Waals surface area contributed by atoms with Crippen LogP contribution in [0.2, 0.25) is 0 Å². The lowest BCUT2D eigenvalue weighted by molar-refractivity contribution is -0.143. The second kappa shape index (κ2) is 10.2. The summed E-state index contributed by atoms with van der Waals surface area (Å²) in [5.74, 6) is -0.710. The largest absolute Gasteiger partial charge is 0.488 e. The Balaban J connectivity index is 2.45. The molecule has 0 aliphatic heterocycles. The maximum atomic E-state index is 13.9. The van der Waals surface area contributed by atoms with Crippen LogP contribution >= 0.6 is 0 Å². The Bertz CT molecular complexity index is 493. The van der Waals surface area contributed by atoms with Gasteiger partial charge in [0, 0.05) is 19.0 Å². The summed E-state index contributed by atoms with van der Waals surface area (Å²) in [6, 6.07) is 4.82. The molecule has 0 heterocycles. The van der Waals surface area contributed by atoms with Crippen molar-refractivity contribution in [3.8, 4) is 5.75 Å².